The van der Waals surface area contributed by atoms with Gasteiger partial charge in [0, 0.05) is 0 Å². The highest BCUT2D eigenvalue weighted by Gasteiger charge is 2.06. The Morgan fingerprint density at radius 1 is 1.45 bits per heavy atom. The number of hydrogen-bond donors (Lipinski definition) is 1. The van der Waals surface area contributed by atoms with Gasteiger partial charge in [-0.3, -0.25) is 5.32 Å². The van der Waals surface area contributed by atoms with Crippen LogP contribution in [0.15, 0.2) is 29.3 Å². The van der Waals surface area contributed by atoms with E-state index in [1.807, 2.05) is 19.4 Å². The Balaban J connectivity index is 2.69. The zero-order valence-corrected chi connectivity index (χ0v) is 12.4. The van der Waals surface area contributed by atoms with Crippen molar-refractivity contribution in [3.05, 3.63) is 29.8 Å². The van der Waals surface area contributed by atoms with Gasteiger partial charge >= 0.3 is 5.97 Å². The first kappa shape index (κ1) is 16.1. The summed E-state index contributed by atoms with van der Waals surface area (Å²) in [6.07, 6.45) is 5.50. The van der Waals surface area contributed by atoms with Gasteiger partial charge in [-0.1, -0.05) is 25.1 Å². The minimum atomic E-state index is -0.325. The van der Waals surface area contributed by atoms with E-state index in [1.54, 1.807) is 24.3 Å². The number of ether oxygens (including phenoxy) is 1. The number of rotatable bonds is 5. The van der Waals surface area contributed by atoms with Gasteiger partial charge < -0.3 is 4.74 Å². The fourth-order valence-corrected chi connectivity index (χ4v) is 1.70. The van der Waals surface area contributed by atoms with Crippen molar-refractivity contribution in [1.29, 1.82) is 5.26 Å². The van der Waals surface area contributed by atoms with Crippen LogP contribution in [0.25, 0.3) is 0 Å². The molecule has 0 aliphatic carbocycles. The lowest BCUT2D eigenvalue weighted by Gasteiger charge is -2.04. The summed E-state index contributed by atoms with van der Waals surface area (Å²) in [5.74, 6) is -0.325. The maximum Gasteiger partial charge on any atom is 0.338 e. The van der Waals surface area contributed by atoms with Gasteiger partial charge in [-0.05, 0) is 36.9 Å². The van der Waals surface area contributed by atoms with E-state index in [0.29, 0.717) is 23.0 Å². The third-order valence-electron chi connectivity index (χ3n) is 2.42. The summed E-state index contributed by atoms with van der Waals surface area (Å²) in [6.45, 7) is 2.48. The van der Waals surface area contributed by atoms with E-state index in [4.69, 9.17) is 10.00 Å². The van der Waals surface area contributed by atoms with Crippen molar-refractivity contribution in [2.24, 2.45) is 4.99 Å². The van der Waals surface area contributed by atoms with E-state index in [0.717, 1.165) is 12.8 Å². The highest BCUT2D eigenvalue weighted by Crippen LogP contribution is 2.15. The Labute approximate surface area is 123 Å². The topological polar surface area (TPSA) is 74.5 Å². The molecule has 0 unspecified atom stereocenters. The second-order valence-electron chi connectivity index (χ2n) is 3.89. The molecule has 0 bridgehead atoms. The molecule has 0 aliphatic rings. The van der Waals surface area contributed by atoms with Gasteiger partial charge in [-0.25, -0.2) is 9.79 Å². The Morgan fingerprint density at radius 2 is 2.15 bits per heavy atom. The van der Waals surface area contributed by atoms with Crippen molar-refractivity contribution in [2.45, 2.75) is 19.8 Å². The second kappa shape index (κ2) is 8.99. The molecule has 5 nitrogen and oxygen atoms in total. The first-order chi connectivity index (χ1) is 9.71. The molecule has 1 aromatic carbocycles. The van der Waals surface area contributed by atoms with Crippen molar-refractivity contribution in [3.63, 3.8) is 0 Å². The molecule has 0 saturated carbocycles. The lowest BCUT2D eigenvalue weighted by atomic mass is 10.2. The standard InChI is InChI=1S/C14H17N3O2S/c1-3-4-9-19-13(18)11-5-7-12(8-6-11)17-14(20-2)16-10-15/h5-8H,3-4,9H2,1-2H3,(H,16,17). The number of benzene rings is 1. The Bertz CT molecular complexity index is 506. The van der Waals surface area contributed by atoms with Crippen LogP contribution in [-0.2, 0) is 4.74 Å². The van der Waals surface area contributed by atoms with Gasteiger partial charge in [0.05, 0.1) is 17.9 Å². The van der Waals surface area contributed by atoms with E-state index in [9.17, 15) is 4.79 Å². The third-order valence-corrected chi connectivity index (χ3v) is 3.00. The molecule has 1 rings (SSSR count). The molecule has 1 aromatic rings. The van der Waals surface area contributed by atoms with Gasteiger partial charge in [-0.2, -0.15) is 5.26 Å². The molecule has 0 fully saturated rings. The highest BCUT2D eigenvalue weighted by atomic mass is 32.2. The second-order valence-corrected chi connectivity index (χ2v) is 4.69. The molecule has 6 heteroatoms. The summed E-state index contributed by atoms with van der Waals surface area (Å²) in [7, 11) is 0. The lowest BCUT2D eigenvalue weighted by molar-refractivity contribution is 0.0500. The summed E-state index contributed by atoms with van der Waals surface area (Å²) in [5.41, 5.74) is 1.17. The zero-order valence-electron chi connectivity index (χ0n) is 11.5. The van der Waals surface area contributed by atoms with Crippen LogP contribution in [0.3, 0.4) is 0 Å². The van der Waals surface area contributed by atoms with E-state index >= 15 is 0 Å². The summed E-state index contributed by atoms with van der Waals surface area (Å²) in [4.78, 5) is 15.9. The van der Waals surface area contributed by atoms with Gasteiger partial charge in [0.2, 0.25) is 0 Å². The molecule has 1 N–H and O–H groups in total. The van der Waals surface area contributed by atoms with Crippen molar-refractivity contribution < 1.29 is 9.53 Å². The van der Waals surface area contributed by atoms with Crippen LogP contribution in [-0.4, -0.2) is 24.0 Å². The number of nitrogens with zero attached hydrogens (tertiary/aromatic N) is 2. The quantitative estimate of drug-likeness (QED) is 0.225. The number of unbranched alkanes of at least 4 members (excludes halogenated alkanes) is 1. The first-order valence-electron chi connectivity index (χ1n) is 6.26. The molecule has 0 spiro atoms. The molecule has 106 valence electrons. The average molecular weight is 291 g/mol. The van der Waals surface area contributed by atoms with Crippen LogP contribution in [0.1, 0.15) is 30.1 Å². The average Bonchev–Trinajstić information content (AvgIpc) is 2.47. The van der Waals surface area contributed by atoms with E-state index in [-0.39, 0.29) is 5.97 Å². The Kier molecular flexibility index (Phi) is 7.22. The molecular formula is C14H17N3O2S. The highest BCUT2D eigenvalue weighted by molar-refractivity contribution is 8.13. The van der Waals surface area contributed by atoms with Crippen LogP contribution in [0.4, 0.5) is 5.69 Å². The lowest BCUT2D eigenvalue weighted by Crippen LogP contribution is -2.12. The normalized spacial score (nSPS) is 10.8. The van der Waals surface area contributed by atoms with Gasteiger partial charge in [0.15, 0.2) is 11.4 Å². The fourth-order valence-electron chi connectivity index (χ4n) is 1.35. The van der Waals surface area contributed by atoms with Crippen LogP contribution in [0, 0.1) is 11.5 Å². The SMILES string of the molecule is CCCCOC(=O)c1ccc(N=C(NC#N)SC)cc1. The Morgan fingerprint density at radius 3 is 2.70 bits per heavy atom. The van der Waals surface area contributed by atoms with Gasteiger partial charge in [-0.15, -0.1) is 0 Å². The molecule has 0 amide bonds. The number of carbonyl (C=O) groups is 1. The first-order valence-corrected chi connectivity index (χ1v) is 7.48. The monoisotopic (exact) mass is 291 g/mol. The summed E-state index contributed by atoms with van der Waals surface area (Å²) < 4.78 is 5.11. The number of carbonyl (C=O) groups excluding carboxylic acids is 1. The van der Waals surface area contributed by atoms with E-state index < -0.39 is 0 Å². The van der Waals surface area contributed by atoms with E-state index in [2.05, 4.69) is 10.3 Å². The largest absolute Gasteiger partial charge is 0.462 e. The minimum Gasteiger partial charge on any atom is -0.462 e. The number of nitriles is 1. The fraction of sp³-hybridized carbons (Fsp3) is 0.357. The van der Waals surface area contributed by atoms with E-state index in [1.165, 1.54) is 11.8 Å². The number of nitrogens with one attached hydrogen (secondary N) is 1. The number of hydrogen-bond acceptors (Lipinski definition) is 5. The molecule has 0 saturated heterocycles. The van der Waals surface area contributed by atoms with Crippen molar-refractivity contribution in [1.82, 2.24) is 5.32 Å². The molecule has 0 atom stereocenters. The van der Waals surface area contributed by atoms with Gasteiger partial charge in [0.25, 0.3) is 0 Å². The maximum atomic E-state index is 11.7. The predicted molar refractivity (Wildman–Crippen MR) is 81.0 cm³/mol. The number of aliphatic imine (C=N–C) groups is 1. The molecule has 0 aromatic heterocycles. The predicted octanol–water partition coefficient (Wildman–Crippen LogP) is 3.06. The molecular weight excluding hydrogens is 274 g/mol. The molecule has 20 heavy (non-hydrogen) atoms. The summed E-state index contributed by atoms with van der Waals surface area (Å²) >= 11 is 1.34. The molecule has 0 radical (unpaired) electrons. The summed E-state index contributed by atoms with van der Waals surface area (Å²) in [5, 5.41) is 11.5. The van der Waals surface area contributed by atoms with Crippen molar-refractivity contribution in [3.8, 4) is 6.19 Å². The number of thioether (sulfide) groups is 1. The van der Waals surface area contributed by atoms with Crippen LogP contribution < -0.4 is 5.32 Å². The Hall–Kier alpha value is -2.00. The maximum absolute atomic E-state index is 11.7. The van der Waals surface area contributed by atoms with Crippen LogP contribution >= 0.6 is 11.8 Å². The molecule has 0 aliphatic heterocycles. The van der Waals surface area contributed by atoms with Crippen LogP contribution in [0.2, 0.25) is 0 Å². The van der Waals surface area contributed by atoms with Crippen LogP contribution in [0.5, 0.6) is 0 Å². The number of esters is 1. The van der Waals surface area contributed by atoms with Crippen molar-refractivity contribution >= 4 is 28.6 Å². The minimum absolute atomic E-state index is 0.325. The third kappa shape index (κ3) is 5.33. The zero-order chi connectivity index (χ0) is 14.8. The van der Waals surface area contributed by atoms with Crippen molar-refractivity contribution in [2.75, 3.05) is 12.9 Å². The smallest absolute Gasteiger partial charge is 0.338 e. The van der Waals surface area contributed by atoms with Gasteiger partial charge in [0.1, 0.15) is 0 Å². The molecule has 0 heterocycles. The summed E-state index contributed by atoms with van der Waals surface area (Å²) in [6, 6.07) is 6.76. The number of amidine groups is 1.